The van der Waals surface area contributed by atoms with Gasteiger partial charge in [0, 0.05) is 18.8 Å². The lowest BCUT2D eigenvalue weighted by molar-refractivity contribution is -0.136. The van der Waals surface area contributed by atoms with Gasteiger partial charge in [-0.05, 0) is 49.2 Å². The van der Waals surface area contributed by atoms with Crippen LogP contribution in [0.3, 0.4) is 0 Å². The van der Waals surface area contributed by atoms with Crippen LogP contribution in [-0.4, -0.2) is 36.4 Å². The Morgan fingerprint density at radius 3 is 2.59 bits per heavy atom. The van der Waals surface area contributed by atoms with E-state index in [0.29, 0.717) is 24.4 Å². The van der Waals surface area contributed by atoms with Gasteiger partial charge in [-0.15, -0.1) is 0 Å². The van der Waals surface area contributed by atoms with E-state index in [0.717, 1.165) is 18.5 Å². The first-order valence-corrected chi connectivity index (χ1v) is 8.92. The molecule has 2 aromatic carbocycles. The summed E-state index contributed by atoms with van der Waals surface area (Å²) in [5.74, 6) is 0.110. The third-order valence-corrected chi connectivity index (χ3v) is 4.53. The number of likely N-dealkylation sites (tertiary alicyclic amines) is 1. The van der Waals surface area contributed by atoms with Gasteiger partial charge in [0.2, 0.25) is 5.91 Å². The van der Waals surface area contributed by atoms with Crippen LogP contribution >= 0.6 is 0 Å². The van der Waals surface area contributed by atoms with Gasteiger partial charge >= 0.3 is 0 Å². The molecular formula is C21H21N3O3. The molecule has 1 atom stereocenters. The first-order valence-electron chi connectivity index (χ1n) is 8.92. The molecule has 138 valence electrons. The van der Waals surface area contributed by atoms with Crippen molar-refractivity contribution in [2.75, 3.05) is 25.0 Å². The first-order chi connectivity index (χ1) is 13.2. The standard InChI is InChI=1S/C21H21N3O3/c22-13-16-8-10-19(11-9-16)27-15-20(25)24-12-4-5-17(14-24)21(26)23-18-6-2-1-3-7-18/h1-3,6-11,17H,4-5,12,14-15H2,(H,23,26)/t17-/m0/s1. The highest BCUT2D eigenvalue weighted by molar-refractivity contribution is 5.93. The van der Waals surface area contributed by atoms with Crippen molar-refractivity contribution in [1.82, 2.24) is 4.90 Å². The highest BCUT2D eigenvalue weighted by Crippen LogP contribution is 2.19. The van der Waals surface area contributed by atoms with Gasteiger partial charge in [-0.3, -0.25) is 9.59 Å². The Morgan fingerprint density at radius 2 is 1.89 bits per heavy atom. The Labute approximate surface area is 158 Å². The first kappa shape index (κ1) is 18.5. The molecule has 0 aliphatic carbocycles. The van der Waals surface area contributed by atoms with E-state index in [1.807, 2.05) is 36.4 Å². The van der Waals surface area contributed by atoms with E-state index in [1.54, 1.807) is 29.2 Å². The van der Waals surface area contributed by atoms with E-state index >= 15 is 0 Å². The molecule has 1 heterocycles. The molecule has 0 saturated carbocycles. The SMILES string of the molecule is N#Cc1ccc(OCC(=O)N2CCC[C@H](C(=O)Nc3ccccc3)C2)cc1. The zero-order chi connectivity index (χ0) is 19.1. The van der Waals surface area contributed by atoms with E-state index in [4.69, 9.17) is 10.00 Å². The maximum Gasteiger partial charge on any atom is 0.260 e. The minimum absolute atomic E-state index is 0.0632. The van der Waals surface area contributed by atoms with Crippen molar-refractivity contribution in [2.24, 2.45) is 5.92 Å². The second kappa shape index (κ2) is 8.86. The number of ether oxygens (including phenoxy) is 1. The van der Waals surface area contributed by atoms with E-state index in [2.05, 4.69) is 5.32 Å². The fourth-order valence-electron chi connectivity index (χ4n) is 3.05. The number of hydrogen-bond donors (Lipinski definition) is 1. The number of para-hydroxylation sites is 1. The zero-order valence-corrected chi connectivity index (χ0v) is 14.9. The van der Waals surface area contributed by atoms with E-state index in [9.17, 15) is 9.59 Å². The van der Waals surface area contributed by atoms with Crippen LogP contribution < -0.4 is 10.1 Å². The number of anilines is 1. The predicted molar refractivity (Wildman–Crippen MR) is 101 cm³/mol. The molecule has 0 aromatic heterocycles. The summed E-state index contributed by atoms with van der Waals surface area (Å²) in [6.07, 6.45) is 1.55. The molecule has 1 N–H and O–H groups in total. The quantitative estimate of drug-likeness (QED) is 0.885. The second-order valence-corrected chi connectivity index (χ2v) is 6.46. The molecule has 6 nitrogen and oxygen atoms in total. The molecule has 2 aromatic rings. The average Bonchev–Trinajstić information content (AvgIpc) is 2.73. The van der Waals surface area contributed by atoms with E-state index in [1.165, 1.54) is 0 Å². The Kier molecular flexibility index (Phi) is 6.06. The molecular weight excluding hydrogens is 342 g/mol. The summed E-state index contributed by atoms with van der Waals surface area (Å²) in [6.45, 7) is 0.942. The molecule has 0 unspecified atom stereocenters. The average molecular weight is 363 g/mol. The Morgan fingerprint density at radius 1 is 1.15 bits per heavy atom. The number of piperidine rings is 1. The minimum atomic E-state index is -0.224. The molecule has 0 bridgehead atoms. The normalized spacial score (nSPS) is 16.3. The monoisotopic (exact) mass is 363 g/mol. The van der Waals surface area contributed by atoms with Crippen LogP contribution in [0.2, 0.25) is 0 Å². The van der Waals surface area contributed by atoms with Gasteiger partial charge in [0.25, 0.3) is 5.91 Å². The topological polar surface area (TPSA) is 82.4 Å². The van der Waals surface area contributed by atoms with Gasteiger partial charge in [0.05, 0.1) is 17.6 Å². The zero-order valence-electron chi connectivity index (χ0n) is 14.9. The van der Waals surface area contributed by atoms with Crippen molar-refractivity contribution >= 4 is 17.5 Å². The maximum absolute atomic E-state index is 12.5. The number of nitrogens with zero attached hydrogens (tertiary/aromatic N) is 2. The lowest BCUT2D eigenvalue weighted by Gasteiger charge is -2.32. The molecule has 1 saturated heterocycles. The Hall–Kier alpha value is -3.33. The van der Waals surface area contributed by atoms with Gasteiger partial charge in [0.1, 0.15) is 5.75 Å². The number of nitriles is 1. The van der Waals surface area contributed by atoms with Gasteiger partial charge in [-0.1, -0.05) is 18.2 Å². The van der Waals surface area contributed by atoms with Crippen molar-refractivity contribution < 1.29 is 14.3 Å². The number of rotatable bonds is 5. The third kappa shape index (κ3) is 5.08. The van der Waals surface area contributed by atoms with Gasteiger partial charge in [-0.25, -0.2) is 0 Å². The van der Waals surface area contributed by atoms with Crippen LogP contribution in [-0.2, 0) is 9.59 Å². The predicted octanol–water partition coefficient (Wildman–Crippen LogP) is 2.81. The molecule has 0 spiro atoms. The highest BCUT2D eigenvalue weighted by atomic mass is 16.5. The van der Waals surface area contributed by atoms with Crippen LogP contribution in [0, 0.1) is 17.2 Å². The molecule has 3 rings (SSSR count). The van der Waals surface area contributed by atoms with Crippen LogP contribution in [0.15, 0.2) is 54.6 Å². The van der Waals surface area contributed by atoms with Gasteiger partial charge in [-0.2, -0.15) is 5.26 Å². The number of carbonyl (C=O) groups is 2. The van der Waals surface area contributed by atoms with E-state index in [-0.39, 0.29) is 24.3 Å². The number of hydrogen-bond acceptors (Lipinski definition) is 4. The smallest absolute Gasteiger partial charge is 0.260 e. The molecule has 0 radical (unpaired) electrons. The van der Waals surface area contributed by atoms with Crippen LogP contribution in [0.25, 0.3) is 0 Å². The lowest BCUT2D eigenvalue weighted by Crippen LogP contribution is -2.45. The molecule has 1 aliphatic rings. The largest absolute Gasteiger partial charge is 0.484 e. The van der Waals surface area contributed by atoms with Crippen molar-refractivity contribution in [3.63, 3.8) is 0 Å². The number of amides is 2. The summed E-state index contributed by atoms with van der Waals surface area (Å²) in [6, 6.07) is 18.0. The van der Waals surface area contributed by atoms with Crippen LogP contribution in [0.1, 0.15) is 18.4 Å². The lowest BCUT2D eigenvalue weighted by atomic mass is 9.97. The van der Waals surface area contributed by atoms with E-state index < -0.39 is 0 Å². The number of benzene rings is 2. The summed E-state index contributed by atoms with van der Waals surface area (Å²) >= 11 is 0. The fourth-order valence-corrected chi connectivity index (χ4v) is 3.05. The van der Waals surface area contributed by atoms with Crippen molar-refractivity contribution in [3.8, 4) is 11.8 Å². The molecule has 6 heteroatoms. The molecule has 27 heavy (non-hydrogen) atoms. The summed E-state index contributed by atoms with van der Waals surface area (Å²) in [5.41, 5.74) is 1.30. The third-order valence-electron chi connectivity index (χ3n) is 4.53. The Balaban J connectivity index is 1.51. The summed E-state index contributed by atoms with van der Waals surface area (Å²) in [5, 5.41) is 11.7. The summed E-state index contributed by atoms with van der Waals surface area (Å²) < 4.78 is 5.51. The molecule has 1 aliphatic heterocycles. The second-order valence-electron chi connectivity index (χ2n) is 6.46. The van der Waals surface area contributed by atoms with Gasteiger partial charge < -0.3 is 15.0 Å². The van der Waals surface area contributed by atoms with Crippen molar-refractivity contribution in [1.29, 1.82) is 5.26 Å². The van der Waals surface area contributed by atoms with Crippen LogP contribution in [0.4, 0.5) is 5.69 Å². The maximum atomic E-state index is 12.5. The number of carbonyl (C=O) groups excluding carboxylic acids is 2. The number of nitrogens with one attached hydrogen (secondary N) is 1. The fraction of sp³-hybridized carbons (Fsp3) is 0.286. The summed E-state index contributed by atoms with van der Waals surface area (Å²) in [7, 11) is 0. The van der Waals surface area contributed by atoms with Gasteiger partial charge in [0.15, 0.2) is 6.61 Å². The van der Waals surface area contributed by atoms with Crippen molar-refractivity contribution in [2.45, 2.75) is 12.8 Å². The van der Waals surface area contributed by atoms with Crippen molar-refractivity contribution in [3.05, 3.63) is 60.2 Å². The molecule has 1 fully saturated rings. The highest BCUT2D eigenvalue weighted by Gasteiger charge is 2.28. The summed E-state index contributed by atoms with van der Waals surface area (Å²) in [4.78, 5) is 26.6. The van der Waals surface area contributed by atoms with Crippen LogP contribution in [0.5, 0.6) is 5.75 Å². The minimum Gasteiger partial charge on any atom is -0.484 e. The molecule has 2 amide bonds. The Bertz CT molecular complexity index is 828.